The molecule has 0 heterocycles. The minimum absolute atomic E-state index is 0.116. The molecule has 0 atom stereocenters. The zero-order chi connectivity index (χ0) is 15.7. The van der Waals surface area contributed by atoms with E-state index in [-0.39, 0.29) is 17.3 Å². The lowest BCUT2D eigenvalue weighted by molar-refractivity contribution is 0.0954. The summed E-state index contributed by atoms with van der Waals surface area (Å²) in [7, 11) is -0.278. The molecule has 1 rings (SSSR count). The minimum Gasteiger partial charge on any atom is -0.383 e. The lowest BCUT2D eigenvalue weighted by Gasteiger charge is -2.08. The number of sulfonamides is 1. The highest BCUT2D eigenvalue weighted by Crippen LogP contribution is 2.10. The van der Waals surface area contributed by atoms with Gasteiger partial charge in [-0.15, -0.1) is 0 Å². The van der Waals surface area contributed by atoms with E-state index in [1.54, 1.807) is 7.05 Å². The maximum Gasteiger partial charge on any atom is 0.251 e. The van der Waals surface area contributed by atoms with E-state index in [0.717, 1.165) is 0 Å². The Morgan fingerprint density at radius 2 is 1.81 bits per heavy atom. The smallest absolute Gasteiger partial charge is 0.251 e. The first-order chi connectivity index (χ1) is 10.0. The first-order valence-electron chi connectivity index (χ1n) is 6.52. The van der Waals surface area contributed by atoms with E-state index in [0.29, 0.717) is 25.3 Å². The molecule has 0 bridgehead atoms. The summed E-state index contributed by atoms with van der Waals surface area (Å²) in [5.74, 6) is -0.235. The zero-order valence-corrected chi connectivity index (χ0v) is 13.0. The van der Waals surface area contributed by atoms with Crippen LogP contribution < -0.4 is 15.4 Å². The van der Waals surface area contributed by atoms with Crippen LogP contribution in [0.4, 0.5) is 0 Å². The predicted octanol–water partition coefficient (Wildman–Crippen LogP) is -0.439. The van der Waals surface area contributed by atoms with Crippen LogP contribution in [0.1, 0.15) is 10.4 Å². The fourth-order valence-corrected chi connectivity index (χ4v) is 2.56. The number of ether oxygens (including phenoxy) is 1. The highest BCUT2D eigenvalue weighted by Gasteiger charge is 2.14. The van der Waals surface area contributed by atoms with Gasteiger partial charge in [0.1, 0.15) is 0 Å². The third kappa shape index (κ3) is 5.80. The van der Waals surface area contributed by atoms with Crippen LogP contribution in [0, 0.1) is 0 Å². The summed E-state index contributed by atoms with van der Waals surface area (Å²) >= 11 is 0. The number of hydrogen-bond acceptors (Lipinski definition) is 5. The Bertz CT molecular complexity index is 543. The van der Waals surface area contributed by atoms with Gasteiger partial charge in [0, 0.05) is 32.3 Å². The first-order valence-corrected chi connectivity index (χ1v) is 8.01. The Hall–Kier alpha value is -1.48. The van der Waals surface area contributed by atoms with Crippen molar-refractivity contribution in [2.75, 3.05) is 40.4 Å². The molecule has 0 aliphatic carbocycles. The Morgan fingerprint density at radius 1 is 1.14 bits per heavy atom. The van der Waals surface area contributed by atoms with Gasteiger partial charge in [0.25, 0.3) is 5.91 Å². The van der Waals surface area contributed by atoms with Crippen molar-refractivity contribution in [2.24, 2.45) is 0 Å². The Morgan fingerprint density at radius 3 is 2.38 bits per heavy atom. The fourth-order valence-electron chi connectivity index (χ4n) is 1.55. The second-order valence-corrected chi connectivity index (χ2v) is 6.04. The lowest BCUT2D eigenvalue weighted by Crippen LogP contribution is -2.30. The molecule has 8 heteroatoms. The van der Waals surface area contributed by atoms with Crippen LogP contribution in [-0.4, -0.2) is 54.7 Å². The number of hydrogen-bond donors (Lipinski definition) is 3. The number of carbonyl (C=O) groups is 1. The van der Waals surface area contributed by atoms with E-state index in [4.69, 9.17) is 4.74 Å². The predicted molar refractivity (Wildman–Crippen MR) is 79.8 cm³/mol. The highest BCUT2D eigenvalue weighted by atomic mass is 32.2. The van der Waals surface area contributed by atoms with E-state index < -0.39 is 10.0 Å². The zero-order valence-electron chi connectivity index (χ0n) is 12.2. The van der Waals surface area contributed by atoms with Gasteiger partial charge in [-0.2, -0.15) is 0 Å². The van der Waals surface area contributed by atoms with Crippen molar-refractivity contribution in [3.05, 3.63) is 29.8 Å². The molecule has 0 aromatic heterocycles. The van der Waals surface area contributed by atoms with Crippen LogP contribution in [-0.2, 0) is 14.8 Å². The van der Waals surface area contributed by atoms with Crippen LogP contribution in [0.25, 0.3) is 0 Å². The van der Waals surface area contributed by atoms with E-state index in [1.165, 1.54) is 31.4 Å². The number of amides is 1. The quantitative estimate of drug-likeness (QED) is 0.537. The van der Waals surface area contributed by atoms with Crippen LogP contribution >= 0.6 is 0 Å². The van der Waals surface area contributed by atoms with E-state index >= 15 is 0 Å². The standard InChI is InChI=1S/C13H21N3O4S/c1-14-7-8-15-13(17)11-3-5-12(6-4-11)21(18,19)16-9-10-20-2/h3-6,14,16H,7-10H2,1-2H3,(H,15,17). The summed E-state index contributed by atoms with van der Waals surface area (Å²) in [5.41, 5.74) is 0.418. The molecule has 1 aromatic rings. The number of nitrogens with one attached hydrogen (secondary N) is 3. The third-order valence-corrected chi connectivity index (χ3v) is 4.16. The van der Waals surface area contributed by atoms with Gasteiger partial charge in [-0.3, -0.25) is 4.79 Å². The van der Waals surface area contributed by atoms with Gasteiger partial charge in [0.05, 0.1) is 11.5 Å². The monoisotopic (exact) mass is 315 g/mol. The summed E-state index contributed by atoms with van der Waals surface area (Å²) in [6.45, 7) is 1.67. The van der Waals surface area contributed by atoms with Crippen molar-refractivity contribution in [2.45, 2.75) is 4.90 Å². The summed E-state index contributed by atoms with van der Waals surface area (Å²) in [4.78, 5) is 11.9. The molecule has 3 N–H and O–H groups in total. The molecule has 0 unspecified atom stereocenters. The average Bonchev–Trinajstić information content (AvgIpc) is 2.47. The van der Waals surface area contributed by atoms with Crippen molar-refractivity contribution >= 4 is 15.9 Å². The van der Waals surface area contributed by atoms with Crippen LogP contribution in [0.5, 0.6) is 0 Å². The molecule has 0 aliphatic heterocycles. The molecule has 0 radical (unpaired) electrons. The summed E-state index contributed by atoms with van der Waals surface area (Å²) < 4.78 is 31.0. The topological polar surface area (TPSA) is 96.5 Å². The van der Waals surface area contributed by atoms with Crippen molar-refractivity contribution < 1.29 is 17.9 Å². The molecule has 0 saturated carbocycles. The average molecular weight is 315 g/mol. The van der Waals surface area contributed by atoms with Gasteiger partial charge in [0.2, 0.25) is 10.0 Å². The molecule has 21 heavy (non-hydrogen) atoms. The number of benzene rings is 1. The van der Waals surface area contributed by atoms with Crippen molar-refractivity contribution in [3.63, 3.8) is 0 Å². The number of carbonyl (C=O) groups excluding carboxylic acids is 1. The Kier molecular flexibility index (Phi) is 7.30. The van der Waals surface area contributed by atoms with Gasteiger partial charge in [0.15, 0.2) is 0 Å². The molecule has 118 valence electrons. The summed E-state index contributed by atoms with van der Waals surface area (Å²) in [6.07, 6.45) is 0. The normalized spacial score (nSPS) is 11.3. The molecule has 1 amide bonds. The summed E-state index contributed by atoms with van der Waals surface area (Å²) in [6, 6.07) is 5.78. The minimum atomic E-state index is -3.57. The highest BCUT2D eigenvalue weighted by molar-refractivity contribution is 7.89. The van der Waals surface area contributed by atoms with Crippen LogP contribution in [0.15, 0.2) is 29.2 Å². The second-order valence-electron chi connectivity index (χ2n) is 4.27. The SMILES string of the molecule is CNCCNC(=O)c1ccc(S(=O)(=O)NCCOC)cc1. The largest absolute Gasteiger partial charge is 0.383 e. The second kappa shape index (κ2) is 8.73. The number of likely N-dealkylation sites (N-methyl/N-ethyl adjacent to an activating group) is 1. The van der Waals surface area contributed by atoms with Crippen molar-refractivity contribution in [3.8, 4) is 0 Å². The fraction of sp³-hybridized carbons (Fsp3) is 0.462. The molecular formula is C13H21N3O4S. The maximum atomic E-state index is 11.9. The molecule has 0 spiro atoms. The number of methoxy groups -OCH3 is 1. The van der Waals surface area contributed by atoms with Gasteiger partial charge < -0.3 is 15.4 Å². The molecule has 0 aliphatic rings. The molecule has 7 nitrogen and oxygen atoms in total. The van der Waals surface area contributed by atoms with E-state index in [9.17, 15) is 13.2 Å². The Balaban J connectivity index is 2.66. The van der Waals surface area contributed by atoms with Crippen molar-refractivity contribution in [1.29, 1.82) is 0 Å². The molecule has 0 saturated heterocycles. The Labute approximate surface area is 125 Å². The molecule has 1 aromatic carbocycles. The maximum absolute atomic E-state index is 11.9. The van der Waals surface area contributed by atoms with Gasteiger partial charge in [-0.1, -0.05) is 0 Å². The lowest BCUT2D eigenvalue weighted by atomic mass is 10.2. The number of rotatable bonds is 9. The molecular weight excluding hydrogens is 294 g/mol. The van der Waals surface area contributed by atoms with Gasteiger partial charge >= 0.3 is 0 Å². The summed E-state index contributed by atoms with van der Waals surface area (Å²) in [5, 5.41) is 5.63. The van der Waals surface area contributed by atoms with E-state index in [1.807, 2.05) is 0 Å². The van der Waals surface area contributed by atoms with Crippen molar-refractivity contribution in [1.82, 2.24) is 15.4 Å². The van der Waals surface area contributed by atoms with Gasteiger partial charge in [-0.25, -0.2) is 13.1 Å². The first kappa shape index (κ1) is 17.6. The third-order valence-electron chi connectivity index (χ3n) is 2.69. The van der Waals surface area contributed by atoms with E-state index in [2.05, 4.69) is 15.4 Å². The van der Waals surface area contributed by atoms with Crippen LogP contribution in [0.3, 0.4) is 0 Å². The molecule has 0 fully saturated rings. The van der Waals surface area contributed by atoms with Crippen LogP contribution in [0.2, 0.25) is 0 Å². The van der Waals surface area contributed by atoms with Gasteiger partial charge in [-0.05, 0) is 31.3 Å².